The van der Waals surface area contributed by atoms with Crippen LogP contribution in [0.5, 0.6) is 0 Å². The first-order chi connectivity index (χ1) is 23.1. The van der Waals surface area contributed by atoms with E-state index in [0.717, 1.165) is 0 Å². The third kappa shape index (κ3) is 42.3. The number of hydrogen-bond acceptors (Lipinski definition) is 28. The Bertz CT molecular complexity index is 1150. The second-order valence-corrected chi connectivity index (χ2v) is 9.67. The van der Waals surface area contributed by atoms with Gasteiger partial charge in [0, 0.05) is 99.1 Å². The SMILES string of the molecule is O=C([O-])CC(O)(CC(=O)[O-])C(=O)[O-].O=C([O-])CC(O)(CC(=O)[O-])C(=O)[O-].O=C([O-])CC(O)(CC(=O)[O-])C(=O)[O-].O=C([O-])CC(O)(CC(=O)[O-])C(=O)[O-].[Ca+2].[Ca+2].[Ca+2].[Ca+2].[Ca+2].[Ca+2]. The predicted octanol–water partition coefficient (Wildman–Crippen LogP) is -23.3. The van der Waals surface area contributed by atoms with Crippen LogP contribution in [0.15, 0.2) is 0 Å². The summed E-state index contributed by atoms with van der Waals surface area (Å²) in [5, 5.41) is 156. The van der Waals surface area contributed by atoms with E-state index in [1.54, 1.807) is 0 Å². The maximum atomic E-state index is 10.1. The largest absolute Gasteiger partial charge is 2.00 e. The second kappa shape index (κ2) is 39.6. The molecule has 34 heteroatoms. The van der Waals surface area contributed by atoms with Crippen molar-refractivity contribution in [2.24, 2.45) is 0 Å². The van der Waals surface area contributed by atoms with Crippen molar-refractivity contribution in [3.8, 4) is 0 Å². The van der Waals surface area contributed by atoms with E-state index in [1.807, 2.05) is 0 Å². The van der Waals surface area contributed by atoms with Crippen LogP contribution in [0, 0.1) is 0 Å². The van der Waals surface area contributed by atoms with Crippen molar-refractivity contribution < 1.29 is 139 Å². The van der Waals surface area contributed by atoms with Crippen LogP contribution >= 0.6 is 0 Å². The second-order valence-electron chi connectivity index (χ2n) is 9.67. The van der Waals surface area contributed by atoms with Gasteiger partial charge in [-0.05, 0) is 0 Å². The predicted molar refractivity (Wildman–Crippen MR) is 151 cm³/mol. The molecule has 0 aromatic carbocycles. The summed E-state index contributed by atoms with van der Waals surface area (Å²) in [6, 6.07) is 0. The quantitative estimate of drug-likeness (QED) is 0.0823. The number of aliphatic carboxylic acids is 12. The minimum Gasteiger partial charge on any atom is -0.550 e. The number of carboxylic acid groups (broad SMARTS) is 12. The van der Waals surface area contributed by atoms with E-state index >= 15 is 0 Å². The molecule has 28 nitrogen and oxygen atoms in total. The molecule has 0 atom stereocenters. The molecule has 0 radical (unpaired) electrons. The van der Waals surface area contributed by atoms with Gasteiger partial charge in [-0.25, -0.2) is 0 Å². The first-order valence-electron chi connectivity index (χ1n) is 12.5. The first-order valence-corrected chi connectivity index (χ1v) is 12.5. The van der Waals surface area contributed by atoms with Gasteiger partial charge in [-0.15, -0.1) is 0 Å². The molecule has 0 heterocycles. The first kappa shape index (κ1) is 82.7. The maximum absolute atomic E-state index is 10.1. The van der Waals surface area contributed by atoms with Crippen molar-refractivity contribution in [3.63, 3.8) is 0 Å². The molecule has 296 valence electrons. The molecule has 0 saturated carbocycles. The summed E-state index contributed by atoms with van der Waals surface area (Å²) in [6.07, 6.45) is -10.9. The van der Waals surface area contributed by atoms with E-state index in [0.29, 0.717) is 0 Å². The molecule has 58 heavy (non-hydrogen) atoms. The third-order valence-electron chi connectivity index (χ3n) is 5.01. The van der Waals surface area contributed by atoms with Gasteiger partial charge in [0.05, 0.1) is 23.9 Å². The molecule has 0 aliphatic carbocycles. The Kier molecular flexibility index (Phi) is 56.5. The zero-order valence-electron chi connectivity index (χ0n) is 29.5. The average molecular weight is 997 g/mol. The van der Waals surface area contributed by atoms with E-state index in [1.165, 1.54) is 0 Å². The Hall–Kier alpha value is 1.04. The third-order valence-corrected chi connectivity index (χ3v) is 5.01. The zero-order valence-corrected chi connectivity index (χ0v) is 42.7. The van der Waals surface area contributed by atoms with E-state index in [-0.39, 0.29) is 226 Å². The van der Waals surface area contributed by atoms with Crippen molar-refractivity contribution >= 4 is 298 Å². The number of carboxylic acids is 12. The van der Waals surface area contributed by atoms with Gasteiger partial charge >= 0.3 is 226 Å². The van der Waals surface area contributed by atoms with Crippen LogP contribution in [-0.2, 0) is 57.5 Å². The van der Waals surface area contributed by atoms with Gasteiger partial charge in [0.1, 0.15) is 22.4 Å². The van der Waals surface area contributed by atoms with Gasteiger partial charge in [0.2, 0.25) is 0 Å². The van der Waals surface area contributed by atoms with Crippen LogP contribution < -0.4 is 61.3 Å². The van der Waals surface area contributed by atoms with Gasteiger partial charge in [-0.3, -0.25) is 0 Å². The minimum absolute atomic E-state index is 0. The van der Waals surface area contributed by atoms with Crippen molar-refractivity contribution in [1.29, 1.82) is 0 Å². The molecule has 0 bridgehead atoms. The van der Waals surface area contributed by atoms with Gasteiger partial charge in [-0.1, -0.05) is 0 Å². The average Bonchev–Trinajstić information content (AvgIpc) is 2.85. The summed E-state index contributed by atoms with van der Waals surface area (Å²) in [5.74, 6) is -23.9. The Morgan fingerprint density at radius 1 is 0.241 bits per heavy atom. The summed E-state index contributed by atoms with van der Waals surface area (Å²) >= 11 is 0. The van der Waals surface area contributed by atoms with Crippen molar-refractivity contribution in [2.45, 2.75) is 73.8 Å². The fourth-order valence-electron chi connectivity index (χ4n) is 2.74. The van der Waals surface area contributed by atoms with Crippen LogP contribution in [0.1, 0.15) is 51.4 Å². The molecule has 0 rings (SSSR count). The van der Waals surface area contributed by atoms with Crippen LogP contribution in [0.25, 0.3) is 0 Å². The standard InChI is InChI=1S/4C6H8O7.6Ca/c4*7-3(8)1-6(13,5(11)12)2-4(9)10;;;;;;/h4*13H,1-2H2,(H,7,8)(H,9,10)(H,11,12);;;;;;/q;;;;6*+2/p-12. The minimum atomic E-state index is -2.97. The van der Waals surface area contributed by atoms with Crippen molar-refractivity contribution in [2.75, 3.05) is 0 Å². The molecular formula is C24H20Ca6O28. The van der Waals surface area contributed by atoms with Crippen LogP contribution in [0.2, 0.25) is 0 Å². The number of rotatable bonds is 20. The molecule has 0 aliphatic heterocycles. The summed E-state index contributed by atoms with van der Waals surface area (Å²) in [4.78, 5) is 120. The zero-order chi connectivity index (χ0) is 42.6. The van der Waals surface area contributed by atoms with Crippen LogP contribution in [0.4, 0.5) is 0 Å². The molecule has 0 aromatic heterocycles. The van der Waals surface area contributed by atoms with Gasteiger partial charge < -0.3 is 139 Å². The monoisotopic (exact) mass is 996 g/mol. The molecule has 0 aliphatic rings. The van der Waals surface area contributed by atoms with E-state index in [4.69, 9.17) is 20.4 Å². The summed E-state index contributed by atoms with van der Waals surface area (Å²) in [7, 11) is 0. The summed E-state index contributed by atoms with van der Waals surface area (Å²) in [6.45, 7) is 0. The number of hydrogen-bond donors (Lipinski definition) is 4. The number of carbonyl (C=O) groups is 12. The molecule has 0 fully saturated rings. The Balaban J connectivity index is -0.0000000640. The van der Waals surface area contributed by atoms with E-state index in [9.17, 15) is 119 Å². The van der Waals surface area contributed by atoms with Crippen molar-refractivity contribution in [3.05, 3.63) is 0 Å². The number of aliphatic hydroxyl groups is 4. The topological polar surface area (TPSA) is 562 Å². The molecule has 4 N–H and O–H groups in total. The van der Waals surface area contributed by atoms with E-state index in [2.05, 4.69) is 0 Å². The molecule has 0 amide bonds. The van der Waals surface area contributed by atoms with Crippen LogP contribution in [-0.4, -0.2) is 341 Å². The molecule has 0 saturated heterocycles. The summed E-state index contributed by atoms with van der Waals surface area (Å²) in [5.41, 5.74) is -11.9. The fourth-order valence-corrected chi connectivity index (χ4v) is 2.74. The summed E-state index contributed by atoms with van der Waals surface area (Å²) < 4.78 is 0. The molecule has 0 unspecified atom stereocenters. The van der Waals surface area contributed by atoms with E-state index < -0.39 is 145 Å². The Morgan fingerprint density at radius 2 is 0.310 bits per heavy atom. The molecule has 0 spiro atoms. The Labute approximate surface area is 501 Å². The van der Waals surface area contributed by atoms with Crippen LogP contribution in [0.3, 0.4) is 0 Å². The molecular weight excluding hydrogens is 977 g/mol. The molecule has 0 aromatic rings. The maximum Gasteiger partial charge on any atom is 2.00 e. The van der Waals surface area contributed by atoms with Gasteiger partial charge in [0.15, 0.2) is 0 Å². The Morgan fingerprint density at radius 3 is 0.345 bits per heavy atom. The normalized spacial score (nSPS) is 9.72. The van der Waals surface area contributed by atoms with Gasteiger partial charge in [-0.2, -0.15) is 0 Å². The fraction of sp³-hybridized carbons (Fsp3) is 0.500. The number of carbonyl (C=O) groups excluding carboxylic acids is 12. The van der Waals surface area contributed by atoms with Crippen molar-refractivity contribution in [1.82, 2.24) is 0 Å². The smallest absolute Gasteiger partial charge is 0.550 e. The van der Waals surface area contributed by atoms with Gasteiger partial charge in [0.25, 0.3) is 0 Å².